The van der Waals surface area contributed by atoms with Gasteiger partial charge in [-0.2, -0.15) is 0 Å². The molecular formula is C12H21FO9. The van der Waals surface area contributed by atoms with Crippen molar-refractivity contribution < 1.29 is 49.2 Å². The molecule has 0 saturated carbocycles. The zero-order chi connectivity index (χ0) is 16.6. The lowest BCUT2D eigenvalue weighted by Crippen LogP contribution is -2.62. The molecular weight excluding hydrogens is 307 g/mol. The Balaban J connectivity index is 2.06. The smallest absolute Gasteiger partial charge is 0.187 e. The highest BCUT2D eigenvalue weighted by Crippen LogP contribution is 2.29. The van der Waals surface area contributed by atoms with Crippen LogP contribution in [0.3, 0.4) is 0 Å². The fourth-order valence-electron chi connectivity index (χ4n) is 2.47. The van der Waals surface area contributed by atoms with Crippen molar-refractivity contribution in [2.45, 2.75) is 68.4 Å². The number of hydrogen-bond acceptors (Lipinski definition) is 9. The number of hydrogen-bond donors (Lipinski definition) is 6. The highest BCUT2D eigenvalue weighted by atomic mass is 19.1. The number of aliphatic hydroxyl groups is 6. The molecule has 130 valence electrons. The van der Waals surface area contributed by atoms with Gasteiger partial charge in [-0.05, 0) is 6.92 Å². The molecule has 2 rings (SSSR count). The van der Waals surface area contributed by atoms with Crippen LogP contribution in [-0.2, 0) is 14.2 Å². The van der Waals surface area contributed by atoms with Crippen LogP contribution in [0, 0.1) is 0 Å². The zero-order valence-corrected chi connectivity index (χ0v) is 11.8. The van der Waals surface area contributed by atoms with Crippen LogP contribution in [0.4, 0.5) is 4.39 Å². The Hall–Kier alpha value is -0.430. The molecule has 2 aliphatic heterocycles. The summed E-state index contributed by atoms with van der Waals surface area (Å²) in [6.45, 7) is 0.712. The average Bonchev–Trinajstić information content (AvgIpc) is 2.49. The van der Waals surface area contributed by atoms with Crippen LogP contribution < -0.4 is 0 Å². The summed E-state index contributed by atoms with van der Waals surface area (Å²) < 4.78 is 29.1. The van der Waals surface area contributed by atoms with Crippen LogP contribution in [0.25, 0.3) is 0 Å². The molecule has 0 aromatic carbocycles. The lowest BCUT2D eigenvalue weighted by atomic mass is 9.98. The van der Waals surface area contributed by atoms with Crippen LogP contribution >= 0.6 is 0 Å². The van der Waals surface area contributed by atoms with Gasteiger partial charge in [0, 0.05) is 0 Å². The first-order chi connectivity index (χ1) is 10.3. The molecule has 0 aromatic rings. The fraction of sp³-hybridized carbons (Fsp3) is 1.00. The molecule has 2 saturated heterocycles. The van der Waals surface area contributed by atoms with Gasteiger partial charge in [0.25, 0.3) is 0 Å². The van der Waals surface area contributed by atoms with Crippen molar-refractivity contribution in [3.05, 3.63) is 0 Å². The van der Waals surface area contributed by atoms with Crippen LogP contribution in [0.5, 0.6) is 0 Å². The summed E-state index contributed by atoms with van der Waals surface area (Å²) in [5, 5.41) is 57.2. The molecule has 0 spiro atoms. The van der Waals surface area contributed by atoms with Gasteiger partial charge in [0.1, 0.15) is 36.6 Å². The Labute approximate surface area is 125 Å². The summed E-state index contributed by atoms with van der Waals surface area (Å²) in [4.78, 5) is 0. The minimum Gasteiger partial charge on any atom is -0.394 e. The van der Waals surface area contributed by atoms with Gasteiger partial charge in [-0.1, -0.05) is 0 Å². The number of aliphatic hydroxyl groups excluding tert-OH is 6. The van der Waals surface area contributed by atoms with Crippen molar-refractivity contribution in [3.8, 4) is 0 Å². The van der Waals surface area contributed by atoms with E-state index < -0.39 is 68.1 Å². The molecule has 0 aromatic heterocycles. The second-order valence-corrected chi connectivity index (χ2v) is 5.46. The van der Waals surface area contributed by atoms with Crippen molar-refractivity contribution >= 4 is 0 Å². The zero-order valence-electron chi connectivity index (χ0n) is 11.8. The quantitative estimate of drug-likeness (QED) is 0.312. The molecule has 10 atom stereocenters. The van der Waals surface area contributed by atoms with E-state index in [0.29, 0.717) is 0 Å². The molecule has 0 unspecified atom stereocenters. The highest BCUT2D eigenvalue weighted by Gasteiger charge is 2.50. The van der Waals surface area contributed by atoms with E-state index in [4.69, 9.17) is 19.3 Å². The minimum absolute atomic E-state index is 0.699. The summed E-state index contributed by atoms with van der Waals surface area (Å²) in [6.07, 6.45) is -15.7. The number of halogens is 1. The van der Waals surface area contributed by atoms with Gasteiger partial charge < -0.3 is 44.8 Å². The van der Waals surface area contributed by atoms with Crippen molar-refractivity contribution in [3.63, 3.8) is 0 Å². The first-order valence-corrected chi connectivity index (χ1v) is 6.89. The predicted molar refractivity (Wildman–Crippen MR) is 66.1 cm³/mol. The van der Waals surface area contributed by atoms with Crippen molar-refractivity contribution in [1.29, 1.82) is 0 Å². The Morgan fingerprint density at radius 2 is 1.59 bits per heavy atom. The van der Waals surface area contributed by atoms with Crippen LogP contribution in [0.1, 0.15) is 6.92 Å². The molecule has 0 radical (unpaired) electrons. The fourth-order valence-corrected chi connectivity index (χ4v) is 2.47. The summed E-state index contributed by atoms with van der Waals surface area (Å²) >= 11 is 0. The lowest BCUT2D eigenvalue weighted by molar-refractivity contribution is -0.352. The van der Waals surface area contributed by atoms with E-state index in [2.05, 4.69) is 0 Å². The molecule has 0 aliphatic carbocycles. The Morgan fingerprint density at radius 3 is 2.18 bits per heavy atom. The monoisotopic (exact) mass is 328 g/mol. The molecule has 2 heterocycles. The maximum atomic E-state index is 14.1. The van der Waals surface area contributed by atoms with Gasteiger partial charge in [-0.3, -0.25) is 0 Å². The van der Waals surface area contributed by atoms with Crippen molar-refractivity contribution in [1.82, 2.24) is 0 Å². The van der Waals surface area contributed by atoms with Crippen LogP contribution in [0.2, 0.25) is 0 Å². The molecule has 0 bridgehead atoms. The van der Waals surface area contributed by atoms with Gasteiger partial charge >= 0.3 is 0 Å². The normalized spacial score (nSPS) is 53.5. The first-order valence-electron chi connectivity index (χ1n) is 6.89. The van der Waals surface area contributed by atoms with Gasteiger partial charge in [-0.25, -0.2) is 4.39 Å². The van der Waals surface area contributed by atoms with Crippen LogP contribution in [0.15, 0.2) is 0 Å². The Bertz CT molecular complexity index is 373. The predicted octanol–water partition coefficient (Wildman–Crippen LogP) is -3.39. The third-order valence-corrected chi connectivity index (χ3v) is 3.90. The van der Waals surface area contributed by atoms with E-state index in [9.17, 15) is 29.9 Å². The average molecular weight is 328 g/mol. The van der Waals surface area contributed by atoms with Gasteiger partial charge in [0.05, 0.1) is 12.7 Å². The maximum absolute atomic E-state index is 14.1. The largest absolute Gasteiger partial charge is 0.394 e. The van der Waals surface area contributed by atoms with Crippen molar-refractivity contribution in [2.24, 2.45) is 0 Å². The minimum atomic E-state index is -2.11. The molecule has 9 nitrogen and oxygen atoms in total. The maximum Gasteiger partial charge on any atom is 0.187 e. The topological polar surface area (TPSA) is 149 Å². The third kappa shape index (κ3) is 3.25. The summed E-state index contributed by atoms with van der Waals surface area (Å²) in [5.74, 6) is 0. The van der Waals surface area contributed by atoms with Crippen molar-refractivity contribution in [2.75, 3.05) is 6.61 Å². The first kappa shape index (κ1) is 17.9. The van der Waals surface area contributed by atoms with E-state index in [1.807, 2.05) is 0 Å². The summed E-state index contributed by atoms with van der Waals surface area (Å²) in [6, 6.07) is 0. The molecule has 10 heteroatoms. The molecule has 0 amide bonds. The highest BCUT2D eigenvalue weighted by molar-refractivity contribution is 4.92. The van der Waals surface area contributed by atoms with Crippen LogP contribution in [-0.4, -0.2) is 98.7 Å². The SMILES string of the molecule is C[C@@H]1O[C@@H](O[C@@H]2[C@@H](F)[C@@H](O)[C@@H](CO)O[C@@H]2O)[C@H](O)[C@H](O)[C@H]1O. The number of ether oxygens (including phenoxy) is 3. The lowest BCUT2D eigenvalue weighted by Gasteiger charge is -2.44. The molecule has 6 N–H and O–H groups in total. The van der Waals surface area contributed by atoms with E-state index in [1.165, 1.54) is 6.92 Å². The van der Waals surface area contributed by atoms with Gasteiger partial charge in [0.15, 0.2) is 18.8 Å². The Kier molecular flexibility index (Phi) is 5.69. The number of alkyl halides is 1. The molecule has 2 fully saturated rings. The third-order valence-electron chi connectivity index (χ3n) is 3.90. The molecule has 2 aliphatic rings. The standard InChI is InChI=1S/C12H21FO9/c1-3-6(15)8(17)9(18)12(20-3)22-10-5(13)7(16)4(2-14)21-11(10)19/h3-12,14-19H,2H2,1H3/t3-,4+,5-,6-,7-,8+,9+,10+,11-,12-/m0/s1. The summed E-state index contributed by atoms with van der Waals surface area (Å²) in [7, 11) is 0. The van der Waals surface area contributed by atoms with E-state index in [0.717, 1.165) is 0 Å². The number of rotatable bonds is 3. The van der Waals surface area contributed by atoms with E-state index in [-0.39, 0.29) is 0 Å². The molecule has 22 heavy (non-hydrogen) atoms. The van der Waals surface area contributed by atoms with E-state index in [1.54, 1.807) is 0 Å². The second kappa shape index (κ2) is 6.99. The summed E-state index contributed by atoms with van der Waals surface area (Å²) in [5.41, 5.74) is 0. The second-order valence-electron chi connectivity index (χ2n) is 5.46. The van der Waals surface area contributed by atoms with Gasteiger partial charge in [-0.15, -0.1) is 0 Å². The Morgan fingerprint density at radius 1 is 0.955 bits per heavy atom. The van der Waals surface area contributed by atoms with E-state index >= 15 is 0 Å². The van der Waals surface area contributed by atoms with Gasteiger partial charge in [0.2, 0.25) is 0 Å².